The molecule has 0 unspecified atom stereocenters. The molecule has 1 aromatic carbocycles. The van der Waals surface area contributed by atoms with Gasteiger partial charge in [0.1, 0.15) is 5.75 Å². The minimum atomic E-state index is 0.0182. The van der Waals surface area contributed by atoms with Crippen LogP contribution in [-0.4, -0.2) is 23.6 Å². The van der Waals surface area contributed by atoms with Gasteiger partial charge in [0.25, 0.3) is 0 Å². The number of carbonyl (C=O) groups is 1. The Morgan fingerprint density at radius 3 is 2.52 bits per heavy atom. The van der Waals surface area contributed by atoms with E-state index in [9.17, 15) is 4.79 Å². The highest BCUT2D eigenvalue weighted by molar-refractivity contribution is 5.77. The fourth-order valence-electron chi connectivity index (χ4n) is 2.47. The lowest BCUT2D eigenvalue weighted by Crippen LogP contribution is -2.28. The molecule has 2 aromatic rings. The minimum Gasteiger partial charge on any atom is -0.497 e. The summed E-state index contributed by atoms with van der Waals surface area (Å²) >= 11 is 0. The van der Waals surface area contributed by atoms with Crippen LogP contribution in [0.25, 0.3) is 0 Å². The zero-order valence-corrected chi connectivity index (χ0v) is 12.2. The maximum absolute atomic E-state index is 12.1. The molecule has 3 rings (SSSR count). The lowest BCUT2D eigenvalue weighted by atomic mass is 10.0. The minimum absolute atomic E-state index is 0.0182. The van der Waals surface area contributed by atoms with Gasteiger partial charge in [0.2, 0.25) is 5.91 Å². The standard InChI is InChI=1S/C17H20N2O2/c1-21-15-8-4-13(5-9-15)16(19-10-2-3-11-19)12-17(20)18-14-6-7-14/h2-5,8-11,14,16H,6-7,12H2,1H3,(H,18,20)/t16-/m1/s1. The van der Waals surface area contributed by atoms with Crippen molar-refractivity contribution in [1.29, 1.82) is 0 Å². The number of nitrogens with zero attached hydrogens (tertiary/aromatic N) is 1. The van der Waals surface area contributed by atoms with Crippen molar-refractivity contribution in [2.24, 2.45) is 0 Å². The van der Waals surface area contributed by atoms with Crippen LogP contribution in [0.1, 0.15) is 30.9 Å². The number of hydrogen-bond acceptors (Lipinski definition) is 2. The predicted octanol–water partition coefficient (Wildman–Crippen LogP) is 2.75. The second-order valence-corrected chi connectivity index (χ2v) is 5.47. The van der Waals surface area contributed by atoms with Crippen molar-refractivity contribution in [3.8, 4) is 5.75 Å². The molecular weight excluding hydrogens is 264 g/mol. The molecule has 1 aliphatic carbocycles. The van der Waals surface area contributed by atoms with E-state index in [2.05, 4.69) is 9.88 Å². The van der Waals surface area contributed by atoms with Crippen molar-refractivity contribution in [2.45, 2.75) is 31.3 Å². The average Bonchev–Trinajstić information content (AvgIpc) is 3.15. The molecule has 0 radical (unpaired) electrons. The van der Waals surface area contributed by atoms with Gasteiger partial charge in [0, 0.05) is 18.4 Å². The summed E-state index contributed by atoms with van der Waals surface area (Å²) in [5.74, 6) is 0.944. The van der Waals surface area contributed by atoms with E-state index in [4.69, 9.17) is 4.74 Å². The van der Waals surface area contributed by atoms with Gasteiger partial charge in [-0.3, -0.25) is 4.79 Å². The Bertz CT molecular complexity index is 586. The van der Waals surface area contributed by atoms with Gasteiger partial charge < -0.3 is 14.6 Å². The van der Waals surface area contributed by atoms with Crippen LogP contribution in [0, 0.1) is 0 Å². The van der Waals surface area contributed by atoms with Crippen molar-refractivity contribution < 1.29 is 9.53 Å². The molecule has 0 saturated heterocycles. The van der Waals surface area contributed by atoms with Gasteiger partial charge in [-0.1, -0.05) is 12.1 Å². The van der Waals surface area contributed by atoms with Crippen LogP contribution < -0.4 is 10.1 Å². The third-order valence-electron chi connectivity index (χ3n) is 3.81. The molecule has 0 spiro atoms. The lowest BCUT2D eigenvalue weighted by Gasteiger charge is -2.19. The first-order chi connectivity index (χ1) is 10.3. The molecule has 1 heterocycles. The second-order valence-electron chi connectivity index (χ2n) is 5.47. The smallest absolute Gasteiger partial charge is 0.222 e. The highest BCUT2D eigenvalue weighted by Crippen LogP contribution is 2.25. The molecule has 1 atom stereocenters. The predicted molar refractivity (Wildman–Crippen MR) is 81.3 cm³/mol. The van der Waals surface area contributed by atoms with Crippen LogP contribution in [0.5, 0.6) is 5.75 Å². The number of carbonyl (C=O) groups excluding carboxylic acids is 1. The van der Waals surface area contributed by atoms with E-state index < -0.39 is 0 Å². The normalized spacial score (nSPS) is 15.5. The lowest BCUT2D eigenvalue weighted by molar-refractivity contribution is -0.121. The number of rotatable bonds is 6. The number of hydrogen-bond donors (Lipinski definition) is 1. The molecule has 1 amide bonds. The van der Waals surface area contributed by atoms with Crippen molar-refractivity contribution in [2.75, 3.05) is 7.11 Å². The summed E-state index contributed by atoms with van der Waals surface area (Å²) < 4.78 is 7.27. The molecule has 0 bridgehead atoms. The Labute approximate surface area is 124 Å². The van der Waals surface area contributed by atoms with Gasteiger partial charge in [0.05, 0.1) is 19.6 Å². The van der Waals surface area contributed by atoms with Crippen molar-refractivity contribution in [3.63, 3.8) is 0 Å². The van der Waals surface area contributed by atoms with E-state index in [1.165, 1.54) is 0 Å². The Morgan fingerprint density at radius 1 is 1.29 bits per heavy atom. The molecule has 0 aliphatic heterocycles. The summed E-state index contributed by atoms with van der Waals surface area (Å²) in [6.45, 7) is 0. The zero-order chi connectivity index (χ0) is 14.7. The highest BCUT2D eigenvalue weighted by atomic mass is 16.5. The number of ether oxygens (including phenoxy) is 1. The van der Waals surface area contributed by atoms with Gasteiger partial charge in [-0.2, -0.15) is 0 Å². The Balaban J connectivity index is 1.79. The summed E-state index contributed by atoms with van der Waals surface area (Å²) in [5, 5.41) is 3.06. The quantitative estimate of drug-likeness (QED) is 0.886. The van der Waals surface area contributed by atoms with Crippen LogP contribution in [0.15, 0.2) is 48.8 Å². The van der Waals surface area contributed by atoms with E-state index in [0.717, 1.165) is 24.2 Å². The van der Waals surface area contributed by atoms with Gasteiger partial charge in [-0.15, -0.1) is 0 Å². The topological polar surface area (TPSA) is 43.3 Å². The third-order valence-corrected chi connectivity index (χ3v) is 3.81. The maximum Gasteiger partial charge on any atom is 0.222 e. The molecule has 4 nitrogen and oxygen atoms in total. The van der Waals surface area contributed by atoms with Gasteiger partial charge in [-0.05, 0) is 42.7 Å². The summed E-state index contributed by atoms with van der Waals surface area (Å²) in [4.78, 5) is 12.1. The van der Waals surface area contributed by atoms with Crippen LogP contribution in [-0.2, 0) is 4.79 Å². The third kappa shape index (κ3) is 3.45. The van der Waals surface area contributed by atoms with Crippen LogP contribution in [0.4, 0.5) is 0 Å². The highest BCUT2D eigenvalue weighted by Gasteiger charge is 2.25. The molecule has 1 aliphatic rings. The van der Waals surface area contributed by atoms with Crippen molar-refractivity contribution in [3.05, 3.63) is 54.4 Å². The fourth-order valence-corrected chi connectivity index (χ4v) is 2.47. The van der Waals surface area contributed by atoms with Crippen LogP contribution >= 0.6 is 0 Å². The summed E-state index contributed by atoms with van der Waals surface area (Å²) in [6, 6.07) is 12.3. The number of benzene rings is 1. The molecule has 1 aromatic heterocycles. The van der Waals surface area contributed by atoms with Crippen LogP contribution in [0.3, 0.4) is 0 Å². The SMILES string of the molecule is COc1ccc([C@@H](CC(=O)NC2CC2)n2cccc2)cc1. The van der Waals surface area contributed by atoms with E-state index in [1.54, 1.807) is 7.11 Å². The zero-order valence-electron chi connectivity index (χ0n) is 12.2. The molecular formula is C17H20N2O2. The second kappa shape index (κ2) is 6.04. The summed E-state index contributed by atoms with van der Waals surface area (Å²) in [7, 11) is 1.65. The van der Waals surface area contributed by atoms with Gasteiger partial charge in [0.15, 0.2) is 0 Å². The summed E-state index contributed by atoms with van der Waals surface area (Å²) in [5.41, 5.74) is 1.11. The Kier molecular flexibility index (Phi) is 3.95. The number of nitrogens with one attached hydrogen (secondary N) is 1. The molecule has 1 N–H and O–H groups in total. The maximum atomic E-state index is 12.1. The summed E-state index contributed by atoms with van der Waals surface area (Å²) in [6.07, 6.45) is 6.68. The number of methoxy groups -OCH3 is 1. The molecule has 4 heteroatoms. The first-order valence-corrected chi connectivity index (χ1v) is 7.32. The number of aromatic nitrogens is 1. The van der Waals surface area contributed by atoms with E-state index in [1.807, 2.05) is 48.8 Å². The van der Waals surface area contributed by atoms with E-state index >= 15 is 0 Å². The molecule has 1 fully saturated rings. The van der Waals surface area contributed by atoms with Gasteiger partial charge in [-0.25, -0.2) is 0 Å². The van der Waals surface area contributed by atoms with E-state index in [0.29, 0.717) is 12.5 Å². The molecule has 110 valence electrons. The Morgan fingerprint density at radius 2 is 1.95 bits per heavy atom. The largest absolute Gasteiger partial charge is 0.497 e. The molecule has 1 saturated carbocycles. The average molecular weight is 284 g/mol. The van der Waals surface area contributed by atoms with Crippen molar-refractivity contribution in [1.82, 2.24) is 9.88 Å². The van der Waals surface area contributed by atoms with Gasteiger partial charge >= 0.3 is 0 Å². The monoisotopic (exact) mass is 284 g/mol. The first-order valence-electron chi connectivity index (χ1n) is 7.32. The first kappa shape index (κ1) is 13.7. The van der Waals surface area contributed by atoms with E-state index in [-0.39, 0.29) is 11.9 Å². The van der Waals surface area contributed by atoms with Crippen LogP contribution in [0.2, 0.25) is 0 Å². The molecule has 21 heavy (non-hydrogen) atoms. The van der Waals surface area contributed by atoms with Crippen molar-refractivity contribution >= 4 is 5.91 Å². The number of amides is 1. The fraction of sp³-hybridized carbons (Fsp3) is 0.353. The Hall–Kier alpha value is -2.23.